The van der Waals surface area contributed by atoms with Gasteiger partial charge in [-0.15, -0.1) is 0 Å². The molecule has 1 unspecified atom stereocenters. The molecule has 2 aliphatic heterocycles. The first-order valence-corrected chi connectivity index (χ1v) is 9.87. The number of halogens is 1. The fraction of sp³-hybridized carbons (Fsp3) is 0.318. The summed E-state index contributed by atoms with van der Waals surface area (Å²) in [4.78, 5) is 19.3. The number of anilines is 1. The van der Waals surface area contributed by atoms with Crippen molar-refractivity contribution in [2.75, 3.05) is 18.0 Å². The molecule has 5 rings (SSSR count). The first-order valence-electron chi connectivity index (χ1n) is 9.49. The number of amides is 1. The number of aromatic nitrogens is 1. The van der Waals surface area contributed by atoms with Crippen molar-refractivity contribution in [3.8, 4) is 0 Å². The number of benzene rings is 2. The van der Waals surface area contributed by atoms with Gasteiger partial charge < -0.3 is 9.88 Å². The fourth-order valence-corrected chi connectivity index (χ4v) is 4.85. The average molecular weight is 380 g/mol. The summed E-state index contributed by atoms with van der Waals surface area (Å²) in [5.41, 5.74) is 4.39. The highest BCUT2D eigenvalue weighted by Crippen LogP contribution is 2.48. The van der Waals surface area contributed by atoms with Crippen molar-refractivity contribution in [1.29, 1.82) is 0 Å². The molecule has 2 aromatic carbocycles. The van der Waals surface area contributed by atoms with Gasteiger partial charge in [0.15, 0.2) is 5.54 Å². The molecular weight excluding hydrogens is 358 g/mol. The Morgan fingerprint density at radius 1 is 1.22 bits per heavy atom. The Bertz CT molecular complexity index is 1070. The van der Waals surface area contributed by atoms with Crippen molar-refractivity contribution in [2.45, 2.75) is 25.8 Å². The van der Waals surface area contributed by atoms with E-state index in [1.807, 2.05) is 35.2 Å². The standard InChI is InChI=1S/C22H22ClN3O/c1-13(2)12-26-19-6-4-3-5-17(19)22(21(26)27)20-15(9-10-24-22)16-11-14(23)7-8-18(16)25-20/h3-8,11,13,24-25H,9-10,12H2,1-2H3. The number of nitrogens with one attached hydrogen (secondary N) is 2. The van der Waals surface area contributed by atoms with E-state index in [4.69, 9.17) is 11.6 Å². The van der Waals surface area contributed by atoms with Crippen molar-refractivity contribution in [1.82, 2.24) is 10.3 Å². The zero-order valence-corrected chi connectivity index (χ0v) is 16.2. The molecule has 3 heterocycles. The van der Waals surface area contributed by atoms with Crippen LogP contribution in [0, 0.1) is 5.92 Å². The first-order chi connectivity index (χ1) is 13.0. The number of carbonyl (C=O) groups is 1. The van der Waals surface area contributed by atoms with Crippen LogP contribution in [0.3, 0.4) is 0 Å². The number of rotatable bonds is 2. The van der Waals surface area contributed by atoms with Gasteiger partial charge in [0.05, 0.1) is 5.69 Å². The van der Waals surface area contributed by atoms with Gasteiger partial charge in [-0.2, -0.15) is 0 Å². The van der Waals surface area contributed by atoms with E-state index in [1.165, 1.54) is 5.56 Å². The monoisotopic (exact) mass is 379 g/mol. The Morgan fingerprint density at radius 2 is 2.04 bits per heavy atom. The van der Waals surface area contributed by atoms with Crippen LogP contribution in [0.4, 0.5) is 5.69 Å². The summed E-state index contributed by atoms with van der Waals surface area (Å²) in [5, 5.41) is 5.42. The number of hydrogen-bond acceptors (Lipinski definition) is 2. The van der Waals surface area contributed by atoms with Gasteiger partial charge in [0.1, 0.15) is 0 Å². The van der Waals surface area contributed by atoms with Crippen LogP contribution >= 0.6 is 11.6 Å². The van der Waals surface area contributed by atoms with Crippen molar-refractivity contribution >= 4 is 34.1 Å². The lowest BCUT2D eigenvalue weighted by Crippen LogP contribution is -2.55. The Labute approximate surface area is 163 Å². The molecule has 0 radical (unpaired) electrons. The lowest BCUT2D eigenvalue weighted by Gasteiger charge is -2.34. The fourth-order valence-electron chi connectivity index (χ4n) is 4.68. The van der Waals surface area contributed by atoms with Crippen molar-refractivity contribution < 1.29 is 4.79 Å². The predicted octanol–water partition coefficient (Wildman–Crippen LogP) is 4.21. The van der Waals surface area contributed by atoms with Gasteiger partial charge in [-0.05, 0) is 42.2 Å². The topological polar surface area (TPSA) is 48.1 Å². The third-order valence-electron chi connectivity index (χ3n) is 5.72. The van der Waals surface area contributed by atoms with Gasteiger partial charge in [0.2, 0.25) is 0 Å². The van der Waals surface area contributed by atoms with E-state index in [0.717, 1.165) is 45.8 Å². The lowest BCUT2D eigenvalue weighted by atomic mass is 9.82. The Balaban J connectivity index is 1.79. The minimum absolute atomic E-state index is 0.107. The zero-order valence-electron chi connectivity index (χ0n) is 15.5. The SMILES string of the molecule is CC(C)CN1C(=O)C2(NCCc3c2[nH]c2ccc(Cl)cc32)c2ccccc21. The largest absolute Gasteiger partial charge is 0.356 e. The number of aromatic amines is 1. The maximum Gasteiger partial charge on any atom is 0.258 e. The average Bonchev–Trinajstić information content (AvgIpc) is 3.13. The smallest absolute Gasteiger partial charge is 0.258 e. The number of nitrogens with zero attached hydrogens (tertiary/aromatic N) is 1. The molecule has 0 saturated heterocycles. The first kappa shape index (κ1) is 16.8. The number of para-hydroxylation sites is 1. The van der Waals surface area contributed by atoms with Crippen LogP contribution in [-0.2, 0) is 16.8 Å². The van der Waals surface area contributed by atoms with Crippen LogP contribution in [0.2, 0.25) is 5.02 Å². The Kier molecular flexibility index (Phi) is 3.65. The highest BCUT2D eigenvalue weighted by Gasteiger charge is 2.55. The number of fused-ring (bicyclic) bond motifs is 6. The summed E-state index contributed by atoms with van der Waals surface area (Å²) in [6, 6.07) is 14.0. The summed E-state index contributed by atoms with van der Waals surface area (Å²) in [5.74, 6) is 0.498. The van der Waals surface area contributed by atoms with E-state index in [1.54, 1.807) is 0 Å². The maximum atomic E-state index is 13.8. The van der Waals surface area contributed by atoms with Gasteiger partial charge in [-0.1, -0.05) is 43.6 Å². The normalized spacial score (nSPS) is 21.3. The van der Waals surface area contributed by atoms with Crippen molar-refractivity contribution in [2.24, 2.45) is 5.92 Å². The van der Waals surface area contributed by atoms with E-state index >= 15 is 0 Å². The second kappa shape index (κ2) is 5.85. The second-order valence-corrected chi connectivity index (χ2v) is 8.36. The quantitative estimate of drug-likeness (QED) is 0.700. The molecule has 27 heavy (non-hydrogen) atoms. The molecule has 0 bridgehead atoms. The second-order valence-electron chi connectivity index (χ2n) is 7.92. The van der Waals surface area contributed by atoms with Gasteiger partial charge in [-0.25, -0.2) is 0 Å². The molecule has 1 amide bonds. The molecular formula is C22H22ClN3O. The van der Waals surface area contributed by atoms with Gasteiger partial charge in [0.25, 0.3) is 5.91 Å². The van der Waals surface area contributed by atoms with E-state index < -0.39 is 5.54 Å². The number of carbonyl (C=O) groups excluding carboxylic acids is 1. The van der Waals surface area contributed by atoms with E-state index in [2.05, 4.69) is 36.3 Å². The molecule has 4 nitrogen and oxygen atoms in total. The third kappa shape index (κ3) is 2.23. The highest BCUT2D eigenvalue weighted by molar-refractivity contribution is 6.31. The maximum absolute atomic E-state index is 13.8. The number of H-pyrrole nitrogens is 1. The minimum atomic E-state index is -0.843. The predicted molar refractivity (Wildman–Crippen MR) is 109 cm³/mol. The lowest BCUT2D eigenvalue weighted by molar-refractivity contribution is -0.123. The molecule has 2 aliphatic rings. The third-order valence-corrected chi connectivity index (χ3v) is 5.96. The van der Waals surface area contributed by atoms with Gasteiger partial charge in [-0.3, -0.25) is 10.1 Å². The summed E-state index contributed by atoms with van der Waals surface area (Å²) in [7, 11) is 0. The van der Waals surface area contributed by atoms with Crippen LogP contribution in [0.5, 0.6) is 0 Å². The molecule has 3 aromatic rings. The van der Waals surface area contributed by atoms with Gasteiger partial charge in [0, 0.05) is 40.3 Å². The van der Waals surface area contributed by atoms with Crippen molar-refractivity contribution in [3.05, 3.63) is 64.3 Å². The van der Waals surface area contributed by atoms with Crippen molar-refractivity contribution in [3.63, 3.8) is 0 Å². The van der Waals surface area contributed by atoms with Crippen LogP contribution in [0.15, 0.2) is 42.5 Å². The summed E-state index contributed by atoms with van der Waals surface area (Å²) >= 11 is 6.25. The van der Waals surface area contributed by atoms with Crippen LogP contribution in [-0.4, -0.2) is 24.0 Å². The van der Waals surface area contributed by atoms with Crippen LogP contribution < -0.4 is 10.2 Å². The molecule has 2 N–H and O–H groups in total. The molecule has 1 atom stereocenters. The van der Waals surface area contributed by atoms with Gasteiger partial charge >= 0.3 is 0 Å². The summed E-state index contributed by atoms with van der Waals surface area (Å²) in [6.45, 7) is 5.75. The van der Waals surface area contributed by atoms with Crippen LogP contribution in [0.1, 0.15) is 30.7 Å². The summed E-state index contributed by atoms with van der Waals surface area (Å²) < 4.78 is 0. The Morgan fingerprint density at radius 3 is 2.85 bits per heavy atom. The molecule has 0 saturated carbocycles. The molecule has 0 aliphatic carbocycles. The molecule has 1 spiro atoms. The highest BCUT2D eigenvalue weighted by atomic mass is 35.5. The molecule has 0 fully saturated rings. The molecule has 5 heteroatoms. The Hall–Kier alpha value is -2.30. The minimum Gasteiger partial charge on any atom is -0.356 e. The van der Waals surface area contributed by atoms with E-state index in [9.17, 15) is 4.79 Å². The number of hydrogen-bond donors (Lipinski definition) is 2. The van der Waals surface area contributed by atoms with Crippen LogP contribution in [0.25, 0.3) is 10.9 Å². The molecule has 1 aromatic heterocycles. The molecule has 138 valence electrons. The van der Waals surface area contributed by atoms with E-state index in [-0.39, 0.29) is 5.91 Å². The van der Waals surface area contributed by atoms with E-state index in [0.29, 0.717) is 12.5 Å². The zero-order chi connectivity index (χ0) is 18.8. The summed E-state index contributed by atoms with van der Waals surface area (Å²) in [6.07, 6.45) is 0.872.